The number of aromatic nitrogens is 1. The number of pyridine rings is 1. The van der Waals surface area contributed by atoms with Crippen LogP contribution in [0.4, 0.5) is 5.82 Å². The van der Waals surface area contributed by atoms with Crippen LogP contribution in [0, 0.1) is 13.8 Å². The standard InChI is InChI=1S/C11H16N2.2C2H6/c1-8-7-9(2)12-11-10(8)5-4-6-13(11)3;2*1-2/h7H,4-6H2,1-3H3;2*1-2H3. The molecule has 0 saturated heterocycles. The average molecular weight is 236 g/mol. The minimum atomic E-state index is 1.13. The highest BCUT2D eigenvalue weighted by Crippen LogP contribution is 2.26. The van der Waals surface area contributed by atoms with Gasteiger partial charge in [0.25, 0.3) is 0 Å². The zero-order valence-corrected chi connectivity index (χ0v) is 12.6. The Balaban J connectivity index is 0.000000581. The molecule has 0 spiro atoms. The number of hydrogen-bond donors (Lipinski definition) is 0. The van der Waals surface area contributed by atoms with Gasteiger partial charge < -0.3 is 4.90 Å². The summed E-state index contributed by atoms with van der Waals surface area (Å²) in [6.45, 7) is 13.4. The molecule has 17 heavy (non-hydrogen) atoms. The van der Waals surface area contributed by atoms with Crippen molar-refractivity contribution in [2.45, 2.75) is 54.4 Å². The largest absolute Gasteiger partial charge is 0.359 e. The molecule has 2 heterocycles. The summed E-state index contributed by atoms with van der Waals surface area (Å²) in [4.78, 5) is 6.84. The average Bonchev–Trinajstić information content (AvgIpc) is 2.36. The third-order valence-corrected chi connectivity index (χ3v) is 2.74. The van der Waals surface area contributed by atoms with Crippen LogP contribution < -0.4 is 4.90 Å². The van der Waals surface area contributed by atoms with Crippen LogP contribution in [-0.2, 0) is 6.42 Å². The maximum Gasteiger partial charge on any atom is 0.132 e. The molecule has 0 radical (unpaired) electrons. The fourth-order valence-electron chi connectivity index (χ4n) is 2.07. The topological polar surface area (TPSA) is 16.1 Å². The summed E-state index contributed by atoms with van der Waals surface area (Å²) in [6.07, 6.45) is 2.45. The second kappa shape index (κ2) is 8.10. The minimum absolute atomic E-state index is 1.13. The molecule has 0 N–H and O–H groups in total. The number of anilines is 1. The van der Waals surface area contributed by atoms with E-state index in [4.69, 9.17) is 0 Å². The molecule has 2 heteroatoms. The summed E-state index contributed by atoms with van der Waals surface area (Å²) in [5.41, 5.74) is 3.97. The summed E-state index contributed by atoms with van der Waals surface area (Å²) < 4.78 is 0. The van der Waals surface area contributed by atoms with E-state index < -0.39 is 0 Å². The molecule has 0 bridgehead atoms. The van der Waals surface area contributed by atoms with Gasteiger partial charge in [-0.05, 0) is 43.9 Å². The predicted octanol–water partition coefficient (Wildman–Crippen LogP) is 4.13. The van der Waals surface area contributed by atoms with Crippen LogP contribution in [0.3, 0.4) is 0 Å². The van der Waals surface area contributed by atoms with Gasteiger partial charge in [-0.3, -0.25) is 0 Å². The van der Waals surface area contributed by atoms with Crippen LogP contribution in [0.1, 0.15) is 50.9 Å². The Morgan fingerprint density at radius 2 is 1.71 bits per heavy atom. The highest BCUT2D eigenvalue weighted by Gasteiger charge is 2.16. The van der Waals surface area contributed by atoms with E-state index in [9.17, 15) is 0 Å². The van der Waals surface area contributed by atoms with Gasteiger partial charge in [-0.25, -0.2) is 4.98 Å². The van der Waals surface area contributed by atoms with Crippen molar-refractivity contribution in [1.29, 1.82) is 0 Å². The normalized spacial score (nSPS) is 12.8. The van der Waals surface area contributed by atoms with E-state index in [2.05, 4.69) is 36.8 Å². The van der Waals surface area contributed by atoms with Crippen molar-refractivity contribution in [3.8, 4) is 0 Å². The first kappa shape index (κ1) is 16.0. The van der Waals surface area contributed by atoms with Gasteiger partial charge in [0, 0.05) is 19.3 Å². The first-order valence-corrected chi connectivity index (χ1v) is 6.87. The van der Waals surface area contributed by atoms with Crippen molar-refractivity contribution in [2.24, 2.45) is 0 Å². The van der Waals surface area contributed by atoms with E-state index in [1.54, 1.807) is 0 Å². The van der Waals surface area contributed by atoms with Gasteiger partial charge in [0.15, 0.2) is 0 Å². The number of nitrogens with zero attached hydrogens (tertiary/aromatic N) is 2. The molecule has 0 saturated carbocycles. The fourth-order valence-corrected chi connectivity index (χ4v) is 2.07. The minimum Gasteiger partial charge on any atom is -0.359 e. The molecule has 0 aliphatic carbocycles. The van der Waals surface area contributed by atoms with Gasteiger partial charge in [-0.1, -0.05) is 27.7 Å². The lowest BCUT2D eigenvalue weighted by Gasteiger charge is -2.27. The molecule has 0 unspecified atom stereocenters. The van der Waals surface area contributed by atoms with E-state index in [-0.39, 0.29) is 0 Å². The van der Waals surface area contributed by atoms with Crippen LogP contribution >= 0.6 is 0 Å². The van der Waals surface area contributed by atoms with Gasteiger partial charge >= 0.3 is 0 Å². The molecule has 2 rings (SSSR count). The van der Waals surface area contributed by atoms with E-state index in [1.807, 2.05) is 27.7 Å². The quantitative estimate of drug-likeness (QED) is 0.673. The molecule has 98 valence electrons. The van der Waals surface area contributed by atoms with Crippen molar-refractivity contribution in [3.63, 3.8) is 0 Å². The molecular formula is C15H28N2. The van der Waals surface area contributed by atoms with E-state index in [0.29, 0.717) is 0 Å². The lowest BCUT2D eigenvalue weighted by atomic mass is 10.0. The third-order valence-electron chi connectivity index (χ3n) is 2.74. The first-order valence-electron chi connectivity index (χ1n) is 6.87. The second-order valence-electron chi connectivity index (χ2n) is 3.91. The van der Waals surface area contributed by atoms with Crippen LogP contribution in [0.15, 0.2) is 6.07 Å². The molecular weight excluding hydrogens is 208 g/mol. The van der Waals surface area contributed by atoms with Crippen molar-refractivity contribution in [3.05, 3.63) is 22.9 Å². The monoisotopic (exact) mass is 236 g/mol. The summed E-state index contributed by atoms with van der Waals surface area (Å²) in [5, 5.41) is 0. The summed E-state index contributed by atoms with van der Waals surface area (Å²) in [6, 6.07) is 2.18. The van der Waals surface area contributed by atoms with E-state index in [0.717, 1.165) is 12.2 Å². The van der Waals surface area contributed by atoms with Gasteiger partial charge in [-0.15, -0.1) is 0 Å². The molecule has 1 aliphatic heterocycles. The number of rotatable bonds is 0. The van der Waals surface area contributed by atoms with Gasteiger partial charge in [-0.2, -0.15) is 0 Å². The zero-order valence-electron chi connectivity index (χ0n) is 12.6. The molecule has 1 aliphatic rings. The Morgan fingerprint density at radius 1 is 1.12 bits per heavy atom. The lowest BCUT2D eigenvalue weighted by molar-refractivity contribution is 0.723. The Bertz CT molecular complexity index is 332. The molecule has 1 aromatic heterocycles. The summed E-state index contributed by atoms with van der Waals surface area (Å²) in [5.74, 6) is 1.20. The Kier molecular flexibility index (Phi) is 7.60. The molecule has 2 nitrogen and oxygen atoms in total. The van der Waals surface area contributed by atoms with Crippen molar-refractivity contribution >= 4 is 5.82 Å². The number of fused-ring (bicyclic) bond motifs is 1. The second-order valence-corrected chi connectivity index (χ2v) is 3.91. The van der Waals surface area contributed by atoms with Gasteiger partial charge in [0.05, 0.1) is 0 Å². The van der Waals surface area contributed by atoms with Crippen LogP contribution in [0.2, 0.25) is 0 Å². The molecule has 0 fully saturated rings. The summed E-state index contributed by atoms with van der Waals surface area (Å²) >= 11 is 0. The molecule has 0 aromatic carbocycles. The van der Waals surface area contributed by atoms with E-state index >= 15 is 0 Å². The van der Waals surface area contributed by atoms with Gasteiger partial charge in [0.2, 0.25) is 0 Å². The Labute approximate surface area is 107 Å². The fraction of sp³-hybridized carbons (Fsp3) is 0.667. The summed E-state index contributed by atoms with van der Waals surface area (Å²) in [7, 11) is 2.13. The number of hydrogen-bond acceptors (Lipinski definition) is 2. The number of aryl methyl sites for hydroxylation is 2. The maximum atomic E-state index is 4.58. The lowest BCUT2D eigenvalue weighted by Crippen LogP contribution is -2.26. The van der Waals surface area contributed by atoms with Crippen molar-refractivity contribution < 1.29 is 0 Å². The highest BCUT2D eigenvalue weighted by molar-refractivity contribution is 5.52. The first-order chi connectivity index (χ1) is 8.18. The molecule has 1 aromatic rings. The van der Waals surface area contributed by atoms with Crippen LogP contribution in [-0.4, -0.2) is 18.6 Å². The zero-order chi connectivity index (χ0) is 13.4. The molecule has 0 amide bonds. The Hall–Kier alpha value is -1.05. The smallest absolute Gasteiger partial charge is 0.132 e. The Morgan fingerprint density at radius 3 is 2.29 bits per heavy atom. The van der Waals surface area contributed by atoms with Crippen LogP contribution in [0.25, 0.3) is 0 Å². The predicted molar refractivity (Wildman–Crippen MR) is 78.0 cm³/mol. The SMILES string of the molecule is CC.CC.Cc1cc(C)c2c(n1)N(C)CCC2. The van der Waals surface area contributed by atoms with Crippen molar-refractivity contribution in [2.75, 3.05) is 18.5 Å². The highest BCUT2D eigenvalue weighted by atomic mass is 15.2. The van der Waals surface area contributed by atoms with E-state index in [1.165, 1.54) is 29.8 Å². The van der Waals surface area contributed by atoms with Crippen LogP contribution in [0.5, 0.6) is 0 Å². The maximum absolute atomic E-state index is 4.58. The third kappa shape index (κ3) is 4.03. The molecule has 0 atom stereocenters. The van der Waals surface area contributed by atoms with Gasteiger partial charge in [0.1, 0.15) is 5.82 Å². The van der Waals surface area contributed by atoms with Crippen molar-refractivity contribution in [1.82, 2.24) is 4.98 Å².